The first-order chi connectivity index (χ1) is 13.5. The van der Waals surface area contributed by atoms with Crippen LogP contribution in [0.1, 0.15) is 32.6 Å². The maximum atomic E-state index is 13.0. The minimum Gasteiger partial charge on any atom is -0.493 e. The van der Waals surface area contributed by atoms with Gasteiger partial charge in [0.2, 0.25) is 17.6 Å². The van der Waals surface area contributed by atoms with E-state index in [1.54, 1.807) is 31.3 Å². The molecule has 7 heteroatoms. The Bertz CT molecular complexity index is 711. The molecule has 0 N–H and O–H groups in total. The second-order valence-corrected chi connectivity index (χ2v) is 7.49. The third-order valence-corrected chi connectivity index (χ3v) is 5.84. The molecule has 28 heavy (non-hydrogen) atoms. The number of ether oxygens (including phenoxy) is 3. The van der Waals surface area contributed by atoms with Crippen molar-refractivity contribution in [3.05, 3.63) is 12.1 Å². The molecule has 1 aromatic rings. The summed E-state index contributed by atoms with van der Waals surface area (Å²) in [4.78, 5) is 29.3. The standard InChI is InChI=1S/C21H30N2O5/c1-5-14-7-6-8-22(12-14)21(25)15-9-19(24)23(13-15)16-10-17(26-2)20(28-4)18(11-16)27-3/h10-11,14-15H,5-9,12-13H2,1-4H3. The Kier molecular flexibility index (Phi) is 6.31. The van der Waals surface area contributed by atoms with Gasteiger partial charge in [0.15, 0.2) is 11.5 Å². The van der Waals surface area contributed by atoms with Gasteiger partial charge in [-0.1, -0.05) is 13.3 Å². The van der Waals surface area contributed by atoms with Gasteiger partial charge < -0.3 is 24.0 Å². The van der Waals surface area contributed by atoms with Gasteiger partial charge in [-0.3, -0.25) is 9.59 Å². The summed E-state index contributed by atoms with van der Waals surface area (Å²) < 4.78 is 16.1. The van der Waals surface area contributed by atoms with Gasteiger partial charge in [0.25, 0.3) is 0 Å². The van der Waals surface area contributed by atoms with Gasteiger partial charge in [0, 0.05) is 38.2 Å². The van der Waals surface area contributed by atoms with E-state index in [0.717, 1.165) is 25.9 Å². The van der Waals surface area contributed by atoms with Gasteiger partial charge in [-0.05, 0) is 18.8 Å². The molecule has 3 rings (SSSR count). The normalized spacial score (nSPS) is 22.4. The SMILES string of the molecule is CCC1CCCN(C(=O)C2CC(=O)N(c3cc(OC)c(OC)c(OC)c3)C2)C1. The molecule has 0 spiro atoms. The predicted molar refractivity (Wildman–Crippen MR) is 106 cm³/mol. The molecule has 7 nitrogen and oxygen atoms in total. The van der Waals surface area contributed by atoms with E-state index in [1.807, 2.05) is 4.90 Å². The first kappa shape index (κ1) is 20.3. The molecule has 2 heterocycles. The van der Waals surface area contributed by atoms with Crippen molar-refractivity contribution in [1.82, 2.24) is 4.90 Å². The van der Waals surface area contributed by atoms with E-state index in [2.05, 4.69) is 6.92 Å². The average Bonchev–Trinajstić information content (AvgIpc) is 3.13. The summed E-state index contributed by atoms with van der Waals surface area (Å²) in [5, 5.41) is 0. The summed E-state index contributed by atoms with van der Waals surface area (Å²) in [6.45, 7) is 4.15. The van der Waals surface area contributed by atoms with Crippen molar-refractivity contribution < 1.29 is 23.8 Å². The van der Waals surface area contributed by atoms with Crippen LogP contribution in [-0.4, -0.2) is 57.7 Å². The molecule has 154 valence electrons. The molecule has 2 fully saturated rings. The fourth-order valence-corrected chi connectivity index (χ4v) is 4.20. The number of likely N-dealkylation sites (tertiary alicyclic amines) is 1. The number of amides is 2. The van der Waals surface area contributed by atoms with Crippen molar-refractivity contribution in [2.45, 2.75) is 32.6 Å². The van der Waals surface area contributed by atoms with Crippen molar-refractivity contribution in [3.8, 4) is 17.2 Å². The number of carbonyl (C=O) groups is 2. The van der Waals surface area contributed by atoms with Crippen LogP contribution in [0.3, 0.4) is 0 Å². The molecule has 0 saturated carbocycles. The number of hydrogen-bond donors (Lipinski definition) is 0. The molecule has 0 aromatic heterocycles. The highest BCUT2D eigenvalue weighted by molar-refractivity contribution is 6.00. The van der Waals surface area contributed by atoms with Crippen molar-refractivity contribution in [3.63, 3.8) is 0 Å². The Hall–Kier alpha value is -2.44. The molecule has 2 aliphatic rings. The van der Waals surface area contributed by atoms with E-state index >= 15 is 0 Å². The van der Waals surface area contributed by atoms with E-state index in [-0.39, 0.29) is 24.2 Å². The van der Waals surface area contributed by atoms with Gasteiger partial charge in [-0.15, -0.1) is 0 Å². The third-order valence-electron chi connectivity index (χ3n) is 5.84. The lowest BCUT2D eigenvalue weighted by Crippen LogP contribution is -2.43. The molecule has 2 atom stereocenters. The number of carbonyl (C=O) groups excluding carboxylic acids is 2. The summed E-state index contributed by atoms with van der Waals surface area (Å²) in [6, 6.07) is 3.50. The van der Waals surface area contributed by atoms with Crippen molar-refractivity contribution in [2.75, 3.05) is 45.9 Å². The number of methoxy groups -OCH3 is 3. The van der Waals surface area contributed by atoms with Crippen molar-refractivity contribution in [1.29, 1.82) is 0 Å². The van der Waals surface area contributed by atoms with Gasteiger partial charge in [-0.2, -0.15) is 0 Å². The smallest absolute Gasteiger partial charge is 0.228 e. The molecule has 2 saturated heterocycles. The largest absolute Gasteiger partial charge is 0.493 e. The zero-order valence-electron chi connectivity index (χ0n) is 17.2. The molecule has 0 radical (unpaired) electrons. The number of nitrogens with zero attached hydrogens (tertiary/aromatic N) is 2. The highest BCUT2D eigenvalue weighted by Gasteiger charge is 2.38. The molecule has 2 unspecified atom stereocenters. The van der Waals surface area contributed by atoms with E-state index in [9.17, 15) is 9.59 Å². The Morgan fingerprint density at radius 2 is 1.79 bits per heavy atom. The summed E-state index contributed by atoms with van der Waals surface area (Å²) in [5.41, 5.74) is 0.653. The molecule has 0 aliphatic carbocycles. The molecule has 0 bridgehead atoms. The van der Waals surface area contributed by atoms with Crippen LogP contribution < -0.4 is 19.1 Å². The second kappa shape index (κ2) is 8.71. The third kappa shape index (κ3) is 3.88. The first-order valence-corrected chi connectivity index (χ1v) is 9.91. The fraction of sp³-hybridized carbons (Fsp3) is 0.619. The zero-order chi connectivity index (χ0) is 20.3. The minimum absolute atomic E-state index is 0.0586. The maximum Gasteiger partial charge on any atom is 0.228 e. The van der Waals surface area contributed by atoms with Crippen LogP contribution in [0.2, 0.25) is 0 Å². The maximum absolute atomic E-state index is 13.0. The molecule has 1 aromatic carbocycles. The summed E-state index contributed by atoms with van der Waals surface area (Å²) in [5.74, 6) is 1.76. The summed E-state index contributed by atoms with van der Waals surface area (Å²) in [6.07, 6.45) is 3.55. The van der Waals surface area contributed by atoms with Crippen LogP contribution in [0.25, 0.3) is 0 Å². The molecular formula is C21H30N2O5. The lowest BCUT2D eigenvalue weighted by Gasteiger charge is -2.33. The highest BCUT2D eigenvalue weighted by atomic mass is 16.5. The van der Waals surface area contributed by atoms with E-state index in [4.69, 9.17) is 14.2 Å². The molecular weight excluding hydrogens is 360 g/mol. The lowest BCUT2D eigenvalue weighted by molar-refractivity contribution is -0.137. The Balaban J connectivity index is 1.78. The van der Waals surface area contributed by atoms with Gasteiger partial charge in [0.05, 0.1) is 32.9 Å². The molecule has 2 aliphatic heterocycles. The minimum atomic E-state index is -0.304. The number of rotatable bonds is 6. The quantitative estimate of drug-likeness (QED) is 0.747. The summed E-state index contributed by atoms with van der Waals surface area (Å²) >= 11 is 0. The second-order valence-electron chi connectivity index (χ2n) is 7.49. The van der Waals surface area contributed by atoms with Gasteiger partial charge in [-0.25, -0.2) is 0 Å². The molecule has 2 amide bonds. The summed E-state index contributed by atoms with van der Waals surface area (Å²) in [7, 11) is 4.62. The van der Waals surface area contributed by atoms with E-state index in [1.165, 1.54) is 13.5 Å². The fourth-order valence-electron chi connectivity index (χ4n) is 4.20. The highest BCUT2D eigenvalue weighted by Crippen LogP contribution is 2.42. The van der Waals surface area contributed by atoms with Crippen LogP contribution in [0, 0.1) is 11.8 Å². The zero-order valence-corrected chi connectivity index (χ0v) is 17.2. The first-order valence-electron chi connectivity index (χ1n) is 9.91. The Labute approximate surface area is 166 Å². The van der Waals surface area contributed by atoms with Crippen molar-refractivity contribution >= 4 is 17.5 Å². The topological polar surface area (TPSA) is 68.3 Å². The van der Waals surface area contributed by atoms with Gasteiger partial charge in [0.1, 0.15) is 0 Å². The Morgan fingerprint density at radius 3 is 2.36 bits per heavy atom. The number of benzene rings is 1. The lowest BCUT2D eigenvalue weighted by atomic mass is 9.94. The van der Waals surface area contributed by atoms with Gasteiger partial charge >= 0.3 is 0 Å². The van der Waals surface area contributed by atoms with Crippen LogP contribution in [0.4, 0.5) is 5.69 Å². The Morgan fingerprint density at radius 1 is 1.11 bits per heavy atom. The van der Waals surface area contributed by atoms with Crippen molar-refractivity contribution in [2.24, 2.45) is 11.8 Å². The number of piperidine rings is 1. The van der Waals surface area contributed by atoms with Crippen LogP contribution in [0.5, 0.6) is 17.2 Å². The van der Waals surface area contributed by atoms with Crippen LogP contribution in [0.15, 0.2) is 12.1 Å². The monoisotopic (exact) mass is 390 g/mol. The van der Waals surface area contributed by atoms with Crippen LogP contribution in [-0.2, 0) is 9.59 Å². The van der Waals surface area contributed by atoms with Crippen LogP contribution >= 0.6 is 0 Å². The van der Waals surface area contributed by atoms with E-state index < -0.39 is 0 Å². The number of hydrogen-bond acceptors (Lipinski definition) is 5. The van der Waals surface area contributed by atoms with E-state index in [0.29, 0.717) is 35.4 Å². The predicted octanol–water partition coefficient (Wildman–Crippen LogP) is 2.71. The number of anilines is 1. The average molecular weight is 390 g/mol.